The molecule has 0 aromatic rings. The molecule has 0 aromatic heterocycles. The summed E-state index contributed by atoms with van der Waals surface area (Å²) in [7, 11) is 0. The fourth-order valence-electron chi connectivity index (χ4n) is 11.7. The summed E-state index contributed by atoms with van der Waals surface area (Å²) in [4.78, 5) is 24.7. The van der Waals surface area contributed by atoms with E-state index in [9.17, 15) is 14.7 Å². The van der Waals surface area contributed by atoms with Crippen molar-refractivity contribution in [2.75, 3.05) is 13.2 Å². The molecular formula is C85H150O5. The monoisotopic (exact) mass is 1250 g/mol. The third kappa shape index (κ3) is 77.0. The lowest BCUT2D eigenvalue weighted by molar-refractivity contribution is -0.161. The van der Waals surface area contributed by atoms with Gasteiger partial charge in [-0.2, -0.15) is 0 Å². The summed E-state index contributed by atoms with van der Waals surface area (Å²) in [6.07, 6.45) is 116. The van der Waals surface area contributed by atoms with E-state index in [1.165, 1.54) is 270 Å². The normalized spacial score (nSPS) is 12.8. The van der Waals surface area contributed by atoms with Gasteiger partial charge in [0, 0.05) is 12.8 Å². The maximum atomic E-state index is 12.4. The second-order valence-corrected chi connectivity index (χ2v) is 26.4. The first-order valence-electron chi connectivity index (χ1n) is 39.4. The van der Waals surface area contributed by atoms with Gasteiger partial charge in [-0.05, 0) is 83.5 Å². The highest BCUT2D eigenvalue weighted by atomic mass is 16.6. The lowest BCUT2D eigenvalue weighted by Gasteiger charge is -2.15. The third-order valence-electron chi connectivity index (χ3n) is 17.6. The molecule has 1 atom stereocenters. The van der Waals surface area contributed by atoms with Crippen LogP contribution in [-0.2, 0) is 19.1 Å². The molecule has 90 heavy (non-hydrogen) atoms. The Hall–Kier alpha value is -3.44. The van der Waals surface area contributed by atoms with Gasteiger partial charge in [-0.3, -0.25) is 9.59 Å². The quantitative estimate of drug-likeness (QED) is 0.0373. The molecule has 0 fully saturated rings. The highest BCUT2D eigenvalue weighted by Gasteiger charge is 2.16. The van der Waals surface area contributed by atoms with Gasteiger partial charge >= 0.3 is 11.9 Å². The minimum Gasteiger partial charge on any atom is -0.462 e. The molecule has 0 saturated carbocycles. The summed E-state index contributed by atoms with van der Waals surface area (Å²) in [5.74, 6) is -0.585. The Bertz CT molecular complexity index is 1710. The molecule has 0 bridgehead atoms. The van der Waals surface area contributed by atoms with Gasteiger partial charge in [0.15, 0.2) is 6.10 Å². The van der Waals surface area contributed by atoms with Gasteiger partial charge in [-0.25, -0.2) is 0 Å². The van der Waals surface area contributed by atoms with Crippen molar-refractivity contribution in [2.24, 2.45) is 0 Å². The molecule has 1 unspecified atom stereocenters. The lowest BCUT2D eigenvalue weighted by Crippen LogP contribution is -2.28. The first kappa shape index (κ1) is 86.6. The Morgan fingerprint density at radius 2 is 0.478 bits per heavy atom. The zero-order valence-electron chi connectivity index (χ0n) is 59.9. The zero-order valence-corrected chi connectivity index (χ0v) is 59.9. The summed E-state index contributed by atoms with van der Waals surface area (Å²) in [6, 6.07) is 0. The van der Waals surface area contributed by atoms with E-state index in [1.54, 1.807) is 0 Å². The number of aliphatic hydroxyl groups excluding tert-OH is 1. The summed E-state index contributed by atoms with van der Waals surface area (Å²) >= 11 is 0. The summed E-state index contributed by atoms with van der Waals surface area (Å²) < 4.78 is 10.8. The molecule has 5 nitrogen and oxygen atoms in total. The van der Waals surface area contributed by atoms with E-state index in [0.717, 1.165) is 103 Å². The number of unbranched alkanes of at least 4 members (excludes halogenated alkanes) is 47. The van der Waals surface area contributed by atoms with Crippen LogP contribution in [0.3, 0.4) is 0 Å². The topological polar surface area (TPSA) is 72.8 Å². The summed E-state index contributed by atoms with van der Waals surface area (Å²) in [5.41, 5.74) is 0. The zero-order chi connectivity index (χ0) is 64.7. The van der Waals surface area contributed by atoms with E-state index in [-0.39, 0.29) is 25.2 Å². The largest absolute Gasteiger partial charge is 0.462 e. The van der Waals surface area contributed by atoms with Crippen LogP contribution >= 0.6 is 0 Å². The molecule has 0 aliphatic rings. The number of hydrogen-bond donors (Lipinski definition) is 1. The van der Waals surface area contributed by atoms with Gasteiger partial charge in [-0.15, -0.1) is 0 Å². The number of ether oxygens (including phenoxy) is 2. The van der Waals surface area contributed by atoms with Crippen LogP contribution in [0.25, 0.3) is 0 Å². The van der Waals surface area contributed by atoms with Crippen molar-refractivity contribution in [3.63, 3.8) is 0 Å². The van der Waals surface area contributed by atoms with Crippen molar-refractivity contribution in [3.8, 4) is 0 Å². The molecule has 0 aromatic carbocycles. The van der Waals surface area contributed by atoms with E-state index >= 15 is 0 Å². The van der Waals surface area contributed by atoms with E-state index in [2.05, 4.69) is 123 Å². The van der Waals surface area contributed by atoms with Crippen molar-refractivity contribution >= 4 is 11.9 Å². The van der Waals surface area contributed by atoms with Gasteiger partial charge in [-0.1, -0.05) is 412 Å². The minimum absolute atomic E-state index is 0.0693. The fraction of sp³-hybridized carbons (Fsp3) is 0.765. The number of carbonyl (C=O) groups excluding carboxylic acids is 2. The Kier molecular flexibility index (Phi) is 76.7. The molecule has 1 N–H and O–H groups in total. The second kappa shape index (κ2) is 79.8. The fourth-order valence-corrected chi connectivity index (χ4v) is 11.7. The average Bonchev–Trinajstić information content (AvgIpc) is 3.62. The first-order valence-corrected chi connectivity index (χ1v) is 39.4. The van der Waals surface area contributed by atoms with Crippen molar-refractivity contribution in [2.45, 2.75) is 405 Å². The van der Waals surface area contributed by atoms with Crippen LogP contribution in [0.1, 0.15) is 399 Å². The minimum atomic E-state index is -0.782. The molecule has 0 heterocycles. The molecule has 0 aliphatic heterocycles. The number of hydrogen-bond acceptors (Lipinski definition) is 5. The predicted molar refractivity (Wildman–Crippen MR) is 399 cm³/mol. The molecular weight excluding hydrogens is 1100 g/mol. The highest BCUT2D eigenvalue weighted by Crippen LogP contribution is 2.19. The van der Waals surface area contributed by atoms with Crippen LogP contribution in [0.5, 0.6) is 0 Å². The number of rotatable bonds is 73. The maximum Gasteiger partial charge on any atom is 0.306 e. The predicted octanol–water partition coefficient (Wildman–Crippen LogP) is 27.9. The summed E-state index contributed by atoms with van der Waals surface area (Å²) in [5, 5.41) is 9.72. The van der Waals surface area contributed by atoms with Crippen molar-refractivity contribution in [3.05, 3.63) is 109 Å². The Morgan fingerprint density at radius 3 is 0.722 bits per heavy atom. The Labute approximate surface area is 561 Å². The molecule has 0 spiro atoms. The van der Waals surface area contributed by atoms with Crippen LogP contribution in [0, 0.1) is 0 Å². The van der Waals surface area contributed by atoms with Gasteiger partial charge in [0.25, 0.3) is 0 Å². The lowest BCUT2D eigenvalue weighted by atomic mass is 10.0. The molecule has 0 saturated heterocycles. The van der Waals surface area contributed by atoms with Crippen molar-refractivity contribution < 1.29 is 24.2 Å². The van der Waals surface area contributed by atoms with Gasteiger partial charge in [0.05, 0.1) is 6.61 Å². The van der Waals surface area contributed by atoms with Gasteiger partial charge in [0.1, 0.15) is 6.61 Å². The number of allylic oxidation sites excluding steroid dienone is 18. The molecule has 0 radical (unpaired) electrons. The second-order valence-electron chi connectivity index (χ2n) is 26.4. The smallest absolute Gasteiger partial charge is 0.306 e. The van der Waals surface area contributed by atoms with E-state index in [0.29, 0.717) is 12.8 Å². The maximum absolute atomic E-state index is 12.4. The van der Waals surface area contributed by atoms with Gasteiger partial charge in [0.2, 0.25) is 0 Å². The van der Waals surface area contributed by atoms with E-state index < -0.39 is 6.10 Å². The van der Waals surface area contributed by atoms with Crippen LogP contribution in [0.2, 0.25) is 0 Å². The van der Waals surface area contributed by atoms with E-state index in [1.807, 2.05) is 0 Å². The van der Waals surface area contributed by atoms with Crippen molar-refractivity contribution in [1.82, 2.24) is 0 Å². The molecule has 0 amide bonds. The van der Waals surface area contributed by atoms with Crippen LogP contribution in [0.15, 0.2) is 109 Å². The van der Waals surface area contributed by atoms with Crippen LogP contribution < -0.4 is 0 Å². The van der Waals surface area contributed by atoms with Crippen molar-refractivity contribution in [1.29, 1.82) is 0 Å². The van der Waals surface area contributed by atoms with Crippen LogP contribution in [-0.4, -0.2) is 36.4 Å². The van der Waals surface area contributed by atoms with Crippen LogP contribution in [0.4, 0.5) is 0 Å². The first-order chi connectivity index (χ1) is 44.6. The Morgan fingerprint density at radius 1 is 0.267 bits per heavy atom. The number of carbonyl (C=O) groups is 2. The molecule has 520 valence electrons. The third-order valence-corrected chi connectivity index (χ3v) is 17.6. The van der Waals surface area contributed by atoms with E-state index in [4.69, 9.17) is 9.47 Å². The average molecular weight is 1250 g/mol. The SMILES string of the molecule is CC/C=C\C/C=C\C/C=C\C/C=C\C/C=C\C/C=C\C/C=C\C/C=C\C/C=C\CCCCCCCCCCCC(=O)OC(CO)COC(=O)CCCCCCCCCCCCCCCCCCCCCCCCCCCCCCCCCCCCCCCCC. The van der Waals surface area contributed by atoms with Gasteiger partial charge < -0.3 is 14.6 Å². The number of aliphatic hydroxyl groups is 1. The molecule has 5 heteroatoms. The molecule has 0 rings (SSSR count). The Balaban J connectivity index is 3.45. The molecule has 0 aliphatic carbocycles. The number of esters is 2. The summed E-state index contributed by atoms with van der Waals surface area (Å²) in [6.45, 7) is 4.07. The highest BCUT2D eigenvalue weighted by molar-refractivity contribution is 5.70. The standard InChI is InChI=1S/C85H150O5/c1-3-5-7-9-11-13-15-17-19-21-23-25-27-29-31-33-35-37-39-41-42-44-45-47-49-51-53-55-57-59-61-63-65-67-69-71-73-75-77-79-84(87)89-82-83(81-86)90-85(88)80-78-76-74-72-70-68-66-64-62-60-58-56-54-52-50-48-46-43-40-38-36-34-32-30-28-26-24-22-20-18-16-14-12-10-8-6-4-2/h6,8,12,14,18,20,24,26,30,32,36,38,43,46,50,52,56,58,83,86H,3-5,7,9-11,13,15-17,19,21-23,25,27-29,31,33-35,37,39-42,44-45,47-49,51,53-55,57,59-82H2,1-2H3/b8-6-,14-12-,20-18-,26-24-,32-30-,38-36-,46-43-,52-50-,58-56-.